The van der Waals surface area contributed by atoms with Gasteiger partial charge in [-0.15, -0.1) is 0 Å². The van der Waals surface area contributed by atoms with Crippen molar-refractivity contribution in [3.8, 4) is 0 Å². The van der Waals surface area contributed by atoms with Crippen molar-refractivity contribution in [3.05, 3.63) is 26.2 Å². The van der Waals surface area contributed by atoms with E-state index in [4.69, 9.17) is 52.8 Å². The second-order valence-electron chi connectivity index (χ2n) is 5.29. The summed E-state index contributed by atoms with van der Waals surface area (Å²) in [6.07, 6.45) is 0. The zero-order chi connectivity index (χ0) is 18.8. The Morgan fingerprint density at radius 1 is 1.12 bits per heavy atom. The lowest BCUT2D eigenvalue weighted by molar-refractivity contribution is -0.124. The van der Waals surface area contributed by atoms with Gasteiger partial charge in [-0.1, -0.05) is 48.7 Å². The van der Waals surface area contributed by atoms with Gasteiger partial charge in [0.05, 0.1) is 26.8 Å². The van der Waals surface area contributed by atoms with Crippen molar-refractivity contribution in [2.45, 2.75) is 26.8 Å². The number of carboxylic acids is 1. The lowest BCUT2D eigenvalue weighted by atomic mass is 10.00. The van der Waals surface area contributed by atoms with Crippen LogP contribution in [0.3, 0.4) is 0 Å². The van der Waals surface area contributed by atoms with Gasteiger partial charge in [-0.3, -0.25) is 4.79 Å². The van der Waals surface area contributed by atoms with Crippen LogP contribution in [0.1, 0.15) is 42.7 Å². The number of carboxylic acid groups (broad SMARTS) is 1. The van der Waals surface area contributed by atoms with Gasteiger partial charge in [-0.05, 0) is 19.1 Å². The van der Waals surface area contributed by atoms with Gasteiger partial charge >= 0.3 is 5.97 Å². The minimum Gasteiger partial charge on any atom is -0.478 e. The third-order valence-electron chi connectivity index (χ3n) is 3.14. The molecule has 1 aromatic carbocycles. The molecule has 0 aliphatic carbocycles. The van der Waals surface area contributed by atoms with E-state index >= 15 is 0 Å². The van der Waals surface area contributed by atoms with Crippen LogP contribution in [0, 0.1) is 5.92 Å². The van der Waals surface area contributed by atoms with Crippen molar-refractivity contribution >= 4 is 69.7 Å². The van der Waals surface area contributed by atoms with E-state index < -0.39 is 12.0 Å². The third kappa shape index (κ3) is 4.42. The van der Waals surface area contributed by atoms with Crippen molar-refractivity contribution < 1.29 is 14.7 Å². The van der Waals surface area contributed by atoms with Crippen molar-refractivity contribution in [1.82, 2.24) is 5.32 Å². The summed E-state index contributed by atoms with van der Waals surface area (Å²) in [6, 6.07) is -0.669. The average Bonchev–Trinajstić information content (AvgIpc) is 2.43. The van der Waals surface area contributed by atoms with Gasteiger partial charge < -0.3 is 21.5 Å². The first-order valence-corrected chi connectivity index (χ1v) is 8.33. The van der Waals surface area contributed by atoms with Gasteiger partial charge in [0, 0.05) is 11.5 Å². The monoisotopic (exact) mass is 411 g/mol. The van der Waals surface area contributed by atoms with E-state index in [-0.39, 0.29) is 48.8 Å². The zero-order valence-corrected chi connectivity index (χ0v) is 16.1. The molecule has 0 spiro atoms. The molecule has 0 saturated heterocycles. The summed E-state index contributed by atoms with van der Waals surface area (Å²) in [7, 11) is 0. The number of benzene rings is 1. The van der Waals surface area contributed by atoms with Gasteiger partial charge in [-0.25, -0.2) is 4.79 Å². The number of halogens is 3. The molecule has 1 rings (SSSR count). The van der Waals surface area contributed by atoms with Crippen LogP contribution in [0.4, 0.5) is 5.69 Å². The molecule has 1 unspecified atom stereocenters. The Morgan fingerprint density at radius 2 is 1.67 bits per heavy atom. The van der Waals surface area contributed by atoms with Crippen LogP contribution in [0.25, 0.3) is 0 Å². The predicted octanol–water partition coefficient (Wildman–Crippen LogP) is 3.83. The molecule has 1 aromatic rings. The Bertz CT molecular complexity index is 710. The smallest absolute Gasteiger partial charge is 0.339 e. The van der Waals surface area contributed by atoms with Crippen LogP contribution in [0.5, 0.6) is 0 Å². The number of nitrogens with one attached hydrogen (secondary N) is 2. The van der Waals surface area contributed by atoms with Crippen LogP contribution < -0.4 is 16.4 Å². The topological polar surface area (TPSA) is 104 Å². The SMILES string of the molecule is CC(C)C(=O)NC(C)c1c(Cl)c(Cl)c(Cl)c(C(=O)O)c1NC(N)=S. The Balaban J connectivity index is 3.64. The molecule has 1 amide bonds. The fraction of sp³-hybridized carbons (Fsp3) is 0.357. The summed E-state index contributed by atoms with van der Waals surface area (Å²) < 4.78 is 0. The first-order chi connectivity index (χ1) is 11.0. The molecule has 6 nitrogen and oxygen atoms in total. The molecule has 0 aliphatic rings. The highest BCUT2D eigenvalue weighted by Gasteiger charge is 2.29. The average molecular weight is 413 g/mol. The zero-order valence-electron chi connectivity index (χ0n) is 13.0. The fourth-order valence-electron chi connectivity index (χ4n) is 1.99. The fourth-order valence-corrected chi connectivity index (χ4v) is 2.96. The van der Waals surface area contributed by atoms with E-state index in [1.165, 1.54) is 0 Å². The first kappa shape index (κ1) is 20.8. The summed E-state index contributed by atoms with van der Waals surface area (Å²) >= 11 is 23.1. The quantitative estimate of drug-likeness (QED) is 0.433. The normalized spacial score (nSPS) is 12.0. The highest BCUT2D eigenvalue weighted by molar-refractivity contribution is 7.80. The number of carbonyl (C=O) groups is 2. The van der Waals surface area contributed by atoms with E-state index in [1.807, 2.05) is 0 Å². The van der Waals surface area contributed by atoms with Gasteiger partial charge in [0.2, 0.25) is 5.91 Å². The molecule has 132 valence electrons. The van der Waals surface area contributed by atoms with Crippen LogP contribution in [-0.2, 0) is 4.79 Å². The molecular weight excluding hydrogens is 397 g/mol. The largest absolute Gasteiger partial charge is 0.478 e. The maximum atomic E-state index is 11.9. The number of aromatic carboxylic acids is 1. The molecule has 0 bridgehead atoms. The molecule has 5 N–H and O–H groups in total. The van der Waals surface area contributed by atoms with Gasteiger partial charge in [0.15, 0.2) is 5.11 Å². The number of anilines is 1. The first-order valence-electron chi connectivity index (χ1n) is 6.79. The summed E-state index contributed by atoms with van der Waals surface area (Å²) in [4.78, 5) is 23.5. The predicted molar refractivity (Wildman–Crippen MR) is 100 cm³/mol. The molecule has 0 fully saturated rings. The van der Waals surface area contributed by atoms with Gasteiger partial charge in [-0.2, -0.15) is 0 Å². The summed E-state index contributed by atoms with van der Waals surface area (Å²) in [5, 5.41) is 14.2. The summed E-state index contributed by atoms with van der Waals surface area (Å²) in [6.45, 7) is 5.06. The molecule has 10 heteroatoms. The van der Waals surface area contributed by atoms with E-state index in [2.05, 4.69) is 10.6 Å². The van der Waals surface area contributed by atoms with Crippen LogP contribution in [-0.4, -0.2) is 22.1 Å². The van der Waals surface area contributed by atoms with Crippen molar-refractivity contribution in [1.29, 1.82) is 0 Å². The lowest BCUT2D eigenvalue weighted by Crippen LogP contribution is -2.32. The molecule has 0 saturated carbocycles. The number of hydrogen-bond acceptors (Lipinski definition) is 3. The Kier molecular flexibility index (Phi) is 7.10. The maximum absolute atomic E-state index is 11.9. The van der Waals surface area contributed by atoms with E-state index in [1.54, 1.807) is 20.8 Å². The second kappa shape index (κ2) is 8.20. The number of amides is 1. The van der Waals surface area contributed by atoms with Crippen LogP contribution in [0.2, 0.25) is 15.1 Å². The lowest BCUT2D eigenvalue weighted by Gasteiger charge is -2.24. The van der Waals surface area contributed by atoms with Crippen LogP contribution >= 0.6 is 47.0 Å². The Morgan fingerprint density at radius 3 is 2.08 bits per heavy atom. The minimum atomic E-state index is -1.35. The molecule has 0 heterocycles. The van der Waals surface area contributed by atoms with Crippen molar-refractivity contribution in [2.75, 3.05) is 5.32 Å². The van der Waals surface area contributed by atoms with Crippen molar-refractivity contribution in [2.24, 2.45) is 11.7 Å². The van der Waals surface area contributed by atoms with E-state index in [0.717, 1.165) is 0 Å². The molecule has 0 aromatic heterocycles. The third-order valence-corrected chi connectivity index (χ3v) is 4.58. The molecule has 24 heavy (non-hydrogen) atoms. The van der Waals surface area contributed by atoms with Crippen LogP contribution in [0.15, 0.2) is 0 Å². The minimum absolute atomic E-state index is 0.00183. The Labute approximate surface area is 159 Å². The van der Waals surface area contributed by atoms with Crippen molar-refractivity contribution in [3.63, 3.8) is 0 Å². The molecular formula is C14H16Cl3N3O3S. The molecule has 0 aliphatic heterocycles. The number of thiocarbonyl (C=S) groups is 1. The number of hydrogen-bond donors (Lipinski definition) is 4. The van der Waals surface area contributed by atoms with Gasteiger partial charge in [0.1, 0.15) is 5.56 Å². The summed E-state index contributed by atoms with van der Waals surface area (Å²) in [5.41, 5.74) is 5.36. The number of nitrogens with two attached hydrogens (primary N) is 1. The number of rotatable bonds is 5. The Hall–Kier alpha value is -1.28. The highest BCUT2D eigenvalue weighted by atomic mass is 35.5. The summed E-state index contributed by atoms with van der Waals surface area (Å²) in [5.74, 6) is -1.87. The highest BCUT2D eigenvalue weighted by Crippen LogP contribution is 2.44. The maximum Gasteiger partial charge on any atom is 0.339 e. The number of carbonyl (C=O) groups excluding carboxylic acids is 1. The standard InChI is InChI=1S/C14H16Cl3N3O3S/c1-4(2)12(21)19-5(3)6-8(15)10(17)9(16)7(13(22)23)11(6)20-14(18)24/h4-5H,1-3H3,(H,19,21)(H,22,23)(H3,18,20,24). The van der Waals surface area contributed by atoms with E-state index in [9.17, 15) is 14.7 Å². The second-order valence-corrected chi connectivity index (χ2v) is 6.86. The van der Waals surface area contributed by atoms with Gasteiger partial charge in [0.25, 0.3) is 0 Å². The molecule has 1 atom stereocenters. The molecule has 0 radical (unpaired) electrons. The van der Waals surface area contributed by atoms with E-state index in [0.29, 0.717) is 0 Å².